The molecule has 2 aromatic rings. The monoisotopic (exact) mass is 398 g/mol. The van der Waals surface area contributed by atoms with Crippen molar-refractivity contribution in [3.8, 4) is 0 Å². The van der Waals surface area contributed by atoms with E-state index in [-0.39, 0.29) is 16.8 Å². The highest BCUT2D eigenvalue weighted by molar-refractivity contribution is 7.89. The molecule has 1 aliphatic carbocycles. The Labute approximate surface area is 167 Å². The van der Waals surface area contributed by atoms with E-state index >= 15 is 0 Å². The van der Waals surface area contributed by atoms with Gasteiger partial charge in [0.2, 0.25) is 10.0 Å². The molecule has 2 aromatic carbocycles. The van der Waals surface area contributed by atoms with E-state index in [1.165, 1.54) is 21.5 Å². The molecule has 4 rings (SSSR count). The molecule has 1 amide bonds. The largest absolute Gasteiger partial charge is 0.335 e. The predicted octanol–water partition coefficient (Wildman–Crippen LogP) is 3.62. The zero-order valence-electron chi connectivity index (χ0n) is 16.2. The van der Waals surface area contributed by atoms with E-state index < -0.39 is 10.0 Å². The molecular formula is C22H26N2O3S. The maximum absolute atomic E-state index is 13.1. The first-order chi connectivity index (χ1) is 13.5. The Morgan fingerprint density at radius 3 is 2.57 bits per heavy atom. The maximum Gasteiger partial charge on any atom is 0.254 e. The van der Waals surface area contributed by atoms with Crippen LogP contribution in [0.25, 0.3) is 0 Å². The molecule has 6 heteroatoms. The molecule has 0 spiro atoms. The quantitative estimate of drug-likeness (QED) is 0.790. The van der Waals surface area contributed by atoms with Crippen LogP contribution >= 0.6 is 0 Å². The second-order valence-corrected chi connectivity index (χ2v) is 9.60. The Morgan fingerprint density at radius 1 is 1.04 bits per heavy atom. The van der Waals surface area contributed by atoms with Crippen LogP contribution in [0.5, 0.6) is 0 Å². The number of hydrogen-bond donors (Lipinski definition) is 0. The second-order valence-electron chi connectivity index (χ2n) is 7.66. The van der Waals surface area contributed by atoms with Gasteiger partial charge >= 0.3 is 0 Å². The molecular weight excluding hydrogens is 372 g/mol. The molecule has 1 atom stereocenters. The molecule has 0 N–H and O–H groups in total. The van der Waals surface area contributed by atoms with Gasteiger partial charge < -0.3 is 4.90 Å². The molecule has 0 radical (unpaired) electrons. The summed E-state index contributed by atoms with van der Waals surface area (Å²) in [5.41, 5.74) is 2.90. The topological polar surface area (TPSA) is 57.7 Å². The van der Waals surface area contributed by atoms with Crippen molar-refractivity contribution in [1.82, 2.24) is 9.21 Å². The summed E-state index contributed by atoms with van der Waals surface area (Å²) in [7, 11) is -1.74. The van der Waals surface area contributed by atoms with E-state index in [1.807, 2.05) is 12.1 Å². The Bertz CT molecular complexity index is 981. The first kappa shape index (κ1) is 19.2. The minimum Gasteiger partial charge on any atom is -0.335 e. The number of nitrogens with zero attached hydrogens (tertiary/aromatic N) is 2. The van der Waals surface area contributed by atoms with Gasteiger partial charge in [-0.3, -0.25) is 4.79 Å². The smallest absolute Gasteiger partial charge is 0.254 e. The molecule has 1 saturated heterocycles. The third-order valence-corrected chi connectivity index (χ3v) is 7.82. The van der Waals surface area contributed by atoms with Gasteiger partial charge in [-0.2, -0.15) is 4.31 Å². The number of carbonyl (C=O) groups excluding carboxylic acids is 1. The van der Waals surface area contributed by atoms with Crippen LogP contribution < -0.4 is 0 Å². The van der Waals surface area contributed by atoms with Crippen LogP contribution in [-0.2, 0) is 16.4 Å². The van der Waals surface area contributed by atoms with Crippen LogP contribution in [0.3, 0.4) is 0 Å². The average Bonchev–Trinajstić information content (AvgIpc) is 3.17. The molecule has 0 aromatic heterocycles. The summed E-state index contributed by atoms with van der Waals surface area (Å²) in [6.07, 6.45) is 4.71. The second kappa shape index (κ2) is 7.68. The first-order valence-corrected chi connectivity index (χ1v) is 11.4. The van der Waals surface area contributed by atoms with Crippen molar-refractivity contribution in [2.75, 3.05) is 20.1 Å². The van der Waals surface area contributed by atoms with E-state index in [1.54, 1.807) is 30.1 Å². The summed E-state index contributed by atoms with van der Waals surface area (Å²) in [6.45, 7) is 1.11. The normalized spacial score (nSPS) is 20.0. The molecule has 1 unspecified atom stereocenters. The van der Waals surface area contributed by atoms with Crippen LogP contribution in [0.4, 0.5) is 0 Å². The lowest BCUT2D eigenvalue weighted by Crippen LogP contribution is -2.36. The standard InChI is InChI=1S/C22H26N2O3S/c1-23(21-13-12-17-8-3-4-11-20(17)21)22(25)18-9-7-10-19(16-18)28(26,27)24-14-5-2-6-15-24/h3-4,7-11,16,21H,2,5-6,12-15H2,1H3. The maximum atomic E-state index is 13.1. The number of aryl methyl sites for hydroxylation is 1. The lowest BCUT2D eigenvalue weighted by atomic mass is 10.1. The van der Waals surface area contributed by atoms with Gasteiger partial charge in [0.05, 0.1) is 10.9 Å². The molecule has 2 aliphatic rings. The van der Waals surface area contributed by atoms with Gasteiger partial charge in [-0.05, 0) is 55.0 Å². The Morgan fingerprint density at radius 2 is 1.79 bits per heavy atom. The number of fused-ring (bicyclic) bond motifs is 1. The third-order valence-electron chi connectivity index (χ3n) is 5.92. The number of piperidine rings is 1. The van der Waals surface area contributed by atoms with Gasteiger partial charge in [0.1, 0.15) is 0 Å². The van der Waals surface area contributed by atoms with Crippen LogP contribution in [0.1, 0.15) is 53.2 Å². The van der Waals surface area contributed by atoms with Crippen molar-refractivity contribution in [2.45, 2.75) is 43.0 Å². The average molecular weight is 399 g/mol. The fraction of sp³-hybridized carbons (Fsp3) is 0.409. The fourth-order valence-electron chi connectivity index (χ4n) is 4.33. The van der Waals surface area contributed by atoms with Gasteiger partial charge in [0, 0.05) is 25.7 Å². The summed E-state index contributed by atoms with van der Waals surface area (Å²) in [5.74, 6) is -0.141. The van der Waals surface area contributed by atoms with Crippen molar-refractivity contribution in [1.29, 1.82) is 0 Å². The van der Waals surface area contributed by atoms with Crippen molar-refractivity contribution < 1.29 is 13.2 Å². The van der Waals surface area contributed by atoms with Crippen molar-refractivity contribution in [3.05, 3.63) is 65.2 Å². The van der Waals surface area contributed by atoms with Crippen molar-refractivity contribution in [2.24, 2.45) is 0 Å². The molecule has 28 heavy (non-hydrogen) atoms. The zero-order valence-corrected chi connectivity index (χ0v) is 17.0. The number of rotatable bonds is 4. The Balaban J connectivity index is 1.58. The van der Waals surface area contributed by atoms with Gasteiger partial charge in [0.15, 0.2) is 0 Å². The van der Waals surface area contributed by atoms with Gasteiger partial charge in [-0.25, -0.2) is 8.42 Å². The summed E-state index contributed by atoms with van der Waals surface area (Å²) in [5, 5.41) is 0. The van der Waals surface area contributed by atoms with Gasteiger partial charge in [-0.1, -0.05) is 36.8 Å². The third kappa shape index (κ3) is 3.47. The minimum absolute atomic E-state index is 0.0334. The molecule has 0 bridgehead atoms. The number of carbonyl (C=O) groups is 1. The Hall–Kier alpha value is -2.18. The molecule has 5 nitrogen and oxygen atoms in total. The van der Waals surface area contributed by atoms with E-state index in [4.69, 9.17) is 0 Å². The molecule has 0 saturated carbocycles. The highest BCUT2D eigenvalue weighted by atomic mass is 32.2. The Kier molecular flexibility index (Phi) is 5.25. The molecule has 1 fully saturated rings. The van der Waals surface area contributed by atoms with Crippen LogP contribution in [0, 0.1) is 0 Å². The number of amides is 1. The number of sulfonamides is 1. The summed E-state index contributed by atoms with van der Waals surface area (Å²) < 4.78 is 27.4. The molecule has 148 valence electrons. The molecule has 1 aliphatic heterocycles. The summed E-state index contributed by atoms with van der Waals surface area (Å²) in [6, 6.07) is 14.7. The van der Waals surface area contributed by atoms with Crippen LogP contribution in [0.15, 0.2) is 53.4 Å². The van der Waals surface area contributed by atoms with Crippen molar-refractivity contribution in [3.63, 3.8) is 0 Å². The van der Waals surface area contributed by atoms with E-state index in [0.29, 0.717) is 18.7 Å². The lowest BCUT2D eigenvalue weighted by molar-refractivity contribution is 0.0730. The zero-order chi connectivity index (χ0) is 19.7. The van der Waals surface area contributed by atoms with Crippen LogP contribution in [-0.4, -0.2) is 43.7 Å². The fourth-order valence-corrected chi connectivity index (χ4v) is 5.89. The molecule has 1 heterocycles. The SMILES string of the molecule is CN(C(=O)c1cccc(S(=O)(=O)N2CCCCC2)c1)C1CCc2ccccc21. The van der Waals surface area contributed by atoms with E-state index in [0.717, 1.165) is 32.1 Å². The van der Waals surface area contributed by atoms with Crippen molar-refractivity contribution >= 4 is 15.9 Å². The summed E-state index contributed by atoms with van der Waals surface area (Å²) >= 11 is 0. The first-order valence-electron chi connectivity index (χ1n) is 9.93. The van der Waals surface area contributed by atoms with Gasteiger partial charge in [-0.15, -0.1) is 0 Å². The van der Waals surface area contributed by atoms with Gasteiger partial charge in [0.25, 0.3) is 5.91 Å². The highest BCUT2D eigenvalue weighted by Crippen LogP contribution is 2.35. The number of hydrogen-bond acceptors (Lipinski definition) is 3. The predicted molar refractivity (Wildman–Crippen MR) is 109 cm³/mol. The van der Waals surface area contributed by atoms with E-state index in [9.17, 15) is 13.2 Å². The highest BCUT2D eigenvalue weighted by Gasteiger charge is 2.30. The number of benzene rings is 2. The van der Waals surface area contributed by atoms with Crippen LogP contribution in [0.2, 0.25) is 0 Å². The lowest BCUT2D eigenvalue weighted by Gasteiger charge is -2.27. The summed E-state index contributed by atoms with van der Waals surface area (Å²) in [4.78, 5) is 15.1. The van der Waals surface area contributed by atoms with E-state index in [2.05, 4.69) is 12.1 Å². The minimum atomic E-state index is -3.55.